The molecule has 0 saturated heterocycles. The Morgan fingerprint density at radius 3 is 2.92 bits per heavy atom. The molecule has 1 aliphatic rings. The number of carbonyl (C=O) groups is 1. The highest BCUT2D eigenvalue weighted by Gasteiger charge is 2.16. The number of thioether (sulfide) groups is 1. The van der Waals surface area contributed by atoms with Gasteiger partial charge in [0, 0.05) is 13.0 Å². The normalized spacial score (nSPS) is 14.1. The number of carbonyl (C=O) groups excluding carboxylic acids is 1. The van der Waals surface area contributed by atoms with Crippen LogP contribution in [-0.4, -0.2) is 26.4 Å². The van der Waals surface area contributed by atoms with Gasteiger partial charge in [0.15, 0.2) is 5.16 Å². The minimum absolute atomic E-state index is 0.0835. The van der Waals surface area contributed by atoms with E-state index in [2.05, 4.69) is 20.1 Å². The van der Waals surface area contributed by atoms with Crippen LogP contribution in [0.3, 0.4) is 0 Å². The highest BCUT2D eigenvalue weighted by Crippen LogP contribution is 2.28. The Labute approximate surface area is 151 Å². The maximum atomic E-state index is 12.3. The quantitative estimate of drug-likeness (QED) is 0.833. The maximum Gasteiger partial charge on any atom is 0.234 e. The summed E-state index contributed by atoms with van der Waals surface area (Å²) in [7, 11) is 0. The van der Waals surface area contributed by atoms with Gasteiger partial charge in [0.25, 0.3) is 0 Å². The van der Waals surface area contributed by atoms with Crippen molar-refractivity contribution >= 4 is 35.0 Å². The molecule has 2 aromatic rings. The molecule has 0 unspecified atom stereocenters. The molecule has 7 heteroatoms. The van der Waals surface area contributed by atoms with Crippen molar-refractivity contribution in [2.24, 2.45) is 0 Å². The van der Waals surface area contributed by atoms with E-state index in [0.717, 1.165) is 47.9 Å². The zero-order valence-electron chi connectivity index (χ0n) is 13.9. The first-order chi connectivity index (χ1) is 11.5. The van der Waals surface area contributed by atoms with Gasteiger partial charge in [0.1, 0.15) is 5.82 Å². The fourth-order valence-corrected chi connectivity index (χ4v) is 4.10. The Hall–Kier alpha value is -1.53. The number of hydrogen-bond acceptors (Lipinski definition) is 4. The van der Waals surface area contributed by atoms with E-state index in [1.165, 1.54) is 18.2 Å². The predicted molar refractivity (Wildman–Crippen MR) is 97.9 cm³/mol. The van der Waals surface area contributed by atoms with E-state index in [4.69, 9.17) is 11.6 Å². The van der Waals surface area contributed by atoms with Crippen molar-refractivity contribution in [1.29, 1.82) is 0 Å². The minimum Gasteiger partial charge on any atom is -0.324 e. The zero-order valence-corrected chi connectivity index (χ0v) is 15.5. The SMILES string of the molecule is Cc1cc(C)c(NC(=O)CSc2nnc3n2CCCCC3)c(Cl)c1. The van der Waals surface area contributed by atoms with Crippen LogP contribution >= 0.6 is 23.4 Å². The molecule has 1 amide bonds. The van der Waals surface area contributed by atoms with Crippen LogP contribution in [0.2, 0.25) is 5.02 Å². The van der Waals surface area contributed by atoms with Crippen LogP contribution in [-0.2, 0) is 17.8 Å². The number of fused-ring (bicyclic) bond motifs is 1. The number of rotatable bonds is 4. The molecule has 1 aromatic heterocycles. The van der Waals surface area contributed by atoms with Gasteiger partial charge in [-0.3, -0.25) is 4.79 Å². The van der Waals surface area contributed by atoms with Crippen LogP contribution in [0.1, 0.15) is 36.2 Å². The summed E-state index contributed by atoms with van der Waals surface area (Å²) in [5.74, 6) is 1.24. The van der Waals surface area contributed by atoms with Crippen molar-refractivity contribution < 1.29 is 4.79 Å². The second-order valence-electron chi connectivity index (χ2n) is 6.14. The van der Waals surface area contributed by atoms with Gasteiger partial charge >= 0.3 is 0 Å². The van der Waals surface area contributed by atoms with E-state index in [1.54, 1.807) is 0 Å². The molecule has 0 radical (unpaired) electrons. The molecule has 24 heavy (non-hydrogen) atoms. The van der Waals surface area contributed by atoms with E-state index < -0.39 is 0 Å². The van der Waals surface area contributed by atoms with Crippen molar-refractivity contribution in [2.45, 2.75) is 51.2 Å². The summed E-state index contributed by atoms with van der Waals surface area (Å²) in [4.78, 5) is 12.3. The van der Waals surface area contributed by atoms with Gasteiger partial charge in [-0.15, -0.1) is 10.2 Å². The van der Waals surface area contributed by atoms with Gasteiger partial charge in [-0.1, -0.05) is 35.9 Å². The molecular formula is C17H21ClN4OS. The highest BCUT2D eigenvalue weighted by molar-refractivity contribution is 7.99. The van der Waals surface area contributed by atoms with Crippen LogP contribution in [0.15, 0.2) is 17.3 Å². The monoisotopic (exact) mass is 364 g/mol. The minimum atomic E-state index is -0.0835. The zero-order chi connectivity index (χ0) is 17.1. The summed E-state index contributed by atoms with van der Waals surface area (Å²) in [6.07, 6.45) is 4.49. The molecule has 3 rings (SSSR count). The predicted octanol–water partition coefficient (Wildman–Crippen LogP) is 4.01. The first-order valence-corrected chi connectivity index (χ1v) is 9.52. The third kappa shape index (κ3) is 3.92. The van der Waals surface area contributed by atoms with Crippen LogP contribution < -0.4 is 5.32 Å². The molecule has 128 valence electrons. The Bertz CT molecular complexity index is 736. The molecule has 0 aliphatic carbocycles. The lowest BCUT2D eigenvalue weighted by Gasteiger charge is -2.11. The molecule has 0 spiro atoms. The van der Waals surface area contributed by atoms with Gasteiger partial charge in [0.05, 0.1) is 16.5 Å². The average Bonchev–Trinajstić information content (AvgIpc) is 2.75. The Kier molecular flexibility index (Phi) is 5.46. The topological polar surface area (TPSA) is 59.8 Å². The van der Waals surface area contributed by atoms with Crippen LogP contribution in [0.25, 0.3) is 0 Å². The Balaban J connectivity index is 1.64. The van der Waals surface area contributed by atoms with Crippen molar-refractivity contribution in [3.05, 3.63) is 34.1 Å². The molecule has 1 N–H and O–H groups in total. The molecule has 1 aliphatic heterocycles. The standard InChI is InChI=1S/C17H21ClN4OS/c1-11-8-12(2)16(13(18)9-11)19-15(23)10-24-17-21-20-14-6-4-3-5-7-22(14)17/h8-9H,3-7,10H2,1-2H3,(H,19,23). The third-order valence-corrected chi connectivity index (χ3v) is 5.37. The maximum absolute atomic E-state index is 12.3. The van der Waals surface area contributed by atoms with E-state index >= 15 is 0 Å². The van der Waals surface area contributed by atoms with E-state index in [1.807, 2.05) is 26.0 Å². The molecule has 1 aromatic carbocycles. The second-order valence-corrected chi connectivity index (χ2v) is 7.49. The highest BCUT2D eigenvalue weighted by atomic mass is 35.5. The molecule has 0 fully saturated rings. The number of amides is 1. The van der Waals surface area contributed by atoms with Crippen molar-refractivity contribution in [3.63, 3.8) is 0 Å². The lowest BCUT2D eigenvalue weighted by Crippen LogP contribution is -2.16. The molecule has 5 nitrogen and oxygen atoms in total. The van der Waals surface area contributed by atoms with Gasteiger partial charge < -0.3 is 9.88 Å². The van der Waals surface area contributed by atoms with Crippen molar-refractivity contribution in [3.8, 4) is 0 Å². The molecule has 0 saturated carbocycles. The molecule has 0 atom stereocenters. The summed E-state index contributed by atoms with van der Waals surface area (Å²) in [5, 5.41) is 12.8. The number of hydrogen-bond donors (Lipinski definition) is 1. The lowest BCUT2D eigenvalue weighted by atomic mass is 10.1. The summed E-state index contributed by atoms with van der Waals surface area (Å²) in [6.45, 7) is 4.87. The van der Waals surface area contributed by atoms with Crippen LogP contribution in [0.5, 0.6) is 0 Å². The summed E-state index contributed by atoms with van der Waals surface area (Å²) in [6, 6.07) is 3.86. The van der Waals surface area contributed by atoms with Gasteiger partial charge in [-0.05, 0) is 43.9 Å². The number of nitrogens with zero attached hydrogens (tertiary/aromatic N) is 3. The summed E-state index contributed by atoms with van der Waals surface area (Å²) in [5.41, 5.74) is 2.73. The Morgan fingerprint density at radius 2 is 2.12 bits per heavy atom. The molecular weight excluding hydrogens is 344 g/mol. The first kappa shape index (κ1) is 17.3. The number of halogens is 1. The first-order valence-electron chi connectivity index (χ1n) is 8.16. The number of anilines is 1. The number of aromatic nitrogens is 3. The molecule has 0 bridgehead atoms. The van der Waals surface area contributed by atoms with Gasteiger partial charge in [0.2, 0.25) is 5.91 Å². The second kappa shape index (κ2) is 7.57. The molecule has 2 heterocycles. The Morgan fingerprint density at radius 1 is 1.29 bits per heavy atom. The summed E-state index contributed by atoms with van der Waals surface area (Å²) >= 11 is 7.67. The summed E-state index contributed by atoms with van der Waals surface area (Å²) < 4.78 is 2.15. The smallest absolute Gasteiger partial charge is 0.234 e. The van der Waals surface area contributed by atoms with E-state index in [0.29, 0.717) is 16.5 Å². The van der Waals surface area contributed by atoms with Gasteiger partial charge in [-0.25, -0.2) is 0 Å². The number of benzene rings is 1. The largest absolute Gasteiger partial charge is 0.324 e. The van der Waals surface area contributed by atoms with E-state index in [-0.39, 0.29) is 5.91 Å². The fraction of sp³-hybridized carbons (Fsp3) is 0.471. The average molecular weight is 365 g/mol. The number of aryl methyl sites for hydroxylation is 3. The number of nitrogens with one attached hydrogen (secondary N) is 1. The third-order valence-electron chi connectivity index (χ3n) is 4.10. The van der Waals surface area contributed by atoms with Crippen LogP contribution in [0.4, 0.5) is 5.69 Å². The van der Waals surface area contributed by atoms with Gasteiger partial charge in [-0.2, -0.15) is 0 Å². The van der Waals surface area contributed by atoms with Crippen molar-refractivity contribution in [2.75, 3.05) is 11.1 Å². The van der Waals surface area contributed by atoms with E-state index in [9.17, 15) is 4.79 Å². The van der Waals surface area contributed by atoms with Crippen molar-refractivity contribution in [1.82, 2.24) is 14.8 Å². The lowest BCUT2D eigenvalue weighted by molar-refractivity contribution is -0.113. The van der Waals surface area contributed by atoms with Crippen LogP contribution in [0, 0.1) is 13.8 Å². The fourth-order valence-electron chi connectivity index (χ4n) is 2.94.